The summed E-state index contributed by atoms with van der Waals surface area (Å²) in [6, 6.07) is 17.1. The minimum Gasteiger partial charge on any atom is -0.484 e. The molecule has 0 aliphatic heterocycles. The minimum absolute atomic E-state index is 0.101. The second-order valence-electron chi connectivity index (χ2n) is 5.58. The van der Waals surface area contributed by atoms with E-state index in [1.54, 1.807) is 12.1 Å². The quantitative estimate of drug-likeness (QED) is 0.573. The number of amides is 1. The van der Waals surface area contributed by atoms with Gasteiger partial charge in [-0.2, -0.15) is 0 Å². The van der Waals surface area contributed by atoms with Crippen molar-refractivity contribution >= 4 is 45.1 Å². The van der Waals surface area contributed by atoms with Crippen molar-refractivity contribution in [2.75, 3.05) is 11.9 Å². The van der Waals surface area contributed by atoms with Gasteiger partial charge < -0.3 is 15.0 Å². The van der Waals surface area contributed by atoms with Crippen molar-refractivity contribution in [1.82, 2.24) is 9.97 Å². The first-order valence-electron chi connectivity index (χ1n) is 7.74. The number of halogens is 1. The summed E-state index contributed by atoms with van der Waals surface area (Å²) in [6.45, 7) is -0.101. The number of nitrogens with zero attached hydrogens (tertiary/aromatic N) is 1. The van der Waals surface area contributed by atoms with Crippen molar-refractivity contribution in [2.45, 2.75) is 0 Å². The van der Waals surface area contributed by atoms with Gasteiger partial charge in [-0.15, -0.1) is 0 Å². The highest BCUT2D eigenvalue weighted by molar-refractivity contribution is 6.30. The molecule has 0 radical (unpaired) electrons. The van der Waals surface area contributed by atoms with Gasteiger partial charge in [-0.05, 0) is 30.3 Å². The Morgan fingerprint density at radius 2 is 1.92 bits per heavy atom. The number of para-hydroxylation sites is 1. The van der Waals surface area contributed by atoms with Gasteiger partial charge in [-0.3, -0.25) is 4.79 Å². The lowest BCUT2D eigenvalue weighted by atomic mass is 10.1. The Hall–Kier alpha value is -3.05. The van der Waals surface area contributed by atoms with Gasteiger partial charge in [0, 0.05) is 28.6 Å². The fourth-order valence-corrected chi connectivity index (χ4v) is 2.81. The summed E-state index contributed by atoms with van der Waals surface area (Å²) in [7, 11) is 0. The number of ether oxygens (including phenoxy) is 1. The fourth-order valence-electron chi connectivity index (χ4n) is 2.70. The van der Waals surface area contributed by atoms with Gasteiger partial charge in [-0.1, -0.05) is 29.8 Å². The molecule has 124 valence electrons. The van der Waals surface area contributed by atoms with Crippen molar-refractivity contribution in [3.63, 3.8) is 0 Å². The average Bonchev–Trinajstić information content (AvgIpc) is 3.00. The molecule has 2 aromatic carbocycles. The average molecular weight is 352 g/mol. The molecule has 0 aliphatic rings. The fraction of sp³-hybridized carbons (Fsp3) is 0.0526. The monoisotopic (exact) mass is 351 g/mol. The summed E-state index contributed by atoms with van der Waals surface area (Å²) in [6.07, 6.45) is 1.47. The SMILES string of the molecule is O=C(COc1ccc2c(c1)[nH]c1ccccc12)Nc1ccc(Cl)cn1. The Morgan fingerprint density at radius 3 is 2.76 bits per heavy atom. The maximum atomic E-state index is 12.0. The second-order valence-corrected chi connectivity index (χ2v) is 6.01. The van der Waals surface area contributed by atoms with Crippen LogP contribution in [0.5, 0.6) is 5.75 Å². The van der Waals surface area contributed by atoms with Crippen LogP contribution in [-0.2, 0) is 4.79 Å². The number of carbonyl (C=O) groups excluding carboxylic acids is 1. The molecule has 1 amide bonds. The Balaban J connectivity index is 1.46. The molecule has 0 spiro atoms. The molecule has 4 aromatic rings. The molecule has 0 saturated carbocycles. The second kappa shape index (κ2) is 6.45. The lowest BCUT2D eigenvalue weighted by Gasteiger charge is -2.07. The van der Waals surface area contributed by atoms with E-state index in [1.807, 2.05) is 36.4 Å². The van der Waals surface area contributed by atoms with Crippen LogP contribution in [0.15, 0.2) is 60.8 Å². The summed E-state index contributed by atoms with van der Waals surface area (Å²) < 4.78 is 5.58. The Labute approximate surface area is 148 Å². The number of benzene rings is 2. The number of nitrogens with one attached hydrogen (secondary N) is 2. The van der Waals surface area contributed by atoms with Gasteiger partial charge in [0.15, 0.2) is 6.61 Å². The van der Waals surface area contributed by atoms with Crippen LogP contribution < -0.4 is 10.1 Å². The molecule has 6 heteroatoms. The minimum atomic E-state index is -0.286. The molecule has 0 saturated heterocycles. The largest absolute Gasteiger partial charge is 0.484 e. The Morgan fingerprint density at radius 1 is 1.08 bits per heavy atom. The zero-order valence-corrected chi connectivity index (χ0v) is 13.9. The van der Waals surface area contributed by atoms with Crippen LogP contribution in [0.1, 0.15) is 0 Å². The lowest BCUT2D eigenvalue weighted by Crippen LogP contribution is -2.20. The summed E-state index contributed by atoms with van der Waals surface area (Å²) >= 11 is 5.76. The zero-order valence-electron chi connectivity index (χ0n) is 13.1. The van der Waals surface area contributed by atoms with Gasteiger partial charge in [0.25, 0.3) is 5.91 Å². The van der Waals surface area contributed by atoms with Crippen molar-refractivity contribution in [3.05, 3.63) is 65.8 Å². The standard InChI is InChI=1S/C19H14ClN3O2/c20-12-5-8-18(21-10-12)23-19(24)11-25-13-6-7-15-14-3-1-2-4-16(14)22-17(15)9-13/h1-10,22H,11H2,(H,21,23,24). The van der Waals surface area contributed by atoms with Gasteiger partial charge in [0.05, 0.1) is 10.5 Å². The number of carbonyl (C=O) groups is 1. The summed E-state index contributed by atoms with van der Waals surface area (Å²) in [5.74, 6) is 0.772. The molecule has 0 atom stereocenters. The third kappa shape index (κ3) is 3.27. The molecular formula is C19H14ClN3O2. The van der Waals surface area contributed by atoms with Crippen LogP contribution in [0.3, 0.4) is 0 Å². The molecule has 5 nitrogen and oxygen atoms in total. The molecule has 0 aliphatic carbocycles. The van der Waals surface area contributed by atoms with Crippen molar-refractivity contribution in [3.8, 4) is 5.75 Å². The predicted octanol–water partition coefficient (Wildman–Crippen LogP) is 4.39. The number of rotatable bonds is 4. The number of hydrogen-bond donors (Lipinski definition) is 2. The smallest absolute Gasteiger partial charge is 0.263 e. The number of aromatic nitrogens is 2. The van der Waals surface area contributed by atoms with Gasteiger partial charge in [0.2, 0.25) is 0 Å². The van der Waals surface area contributed by atoms with Crippen molar-refractivity contribution in [2.24, 2.45) is 0 Å². The highest BCUT2D eigenvalue weighted by Gasteiger charge is 2.07. The van der Waals surface area contributed by atoms with Crippen LogP contribution in [0.2, 0.25) is 5.02 Å². The van der Waals surface area contributed by atoms with E-state index in [0.29, 0.717) is 16.6 Å². The van der Waals surface area contributed by atoms with Crippen molar-refractivity contribution < 1.29 is 9.53 Å². The molecule has 0 bridgehead atoms. The van der Waals surface area contributed by atoms with Crippen LogP contribution in [0, 0.1) is 0 Å². The number of anilines is 1. The van der Waals surface area contributed by atoms with E-state index < -0.39 is 0 Å². The molecule has 4 rings (SSSR count). The topological polar surface area (TPSA) is 67.0 Å². The molecule has 25 heavy (non-hydrogen) atoms. The molecule has 2 N–H and O–H groups in total. The third-order valence-electron chi connectivity index (χ3n) is 3.84. The van der Waals surface area contributed by atoms with E-state index in [-0.39, 0.29) is 12.5 Å². The predicted molar refractivity (Wildman–Crippen MR) is 99.2 cm³/mol. The van der Waals surface area contributed by atoms with Gasteiger partial charge in [0.1, 0.15) is 11.6 Å². The number of aromatic amines is 1. The lowest BCUT2D eigenvalue weighted by molar-refractivity contribution is -0.118. The van der Waals surface area contributed by atoms with Crippen LogP contribution in [-0.4, -0.2) is 22.5 Å². The van der Waals surface area contributed by atoms with E-state index in [0.717, 1.165) is 21.8 Å². The number of fused-ring (bicyclic) bond motifs is 3. The molecule has 0 fully saturated rings. The van der Waals surface area contributed by atoms with Crippen molar-refractivity contribution in [1.29, 1.82) is 0 Å². The van der Waals surface area contributed by atoms with Crippen LogP contribution >= 0.6 is 11.6 Å². The highest BCUT2D eigenvalue weighted by Crippen LogP contribution is 2.28. The van der Waals surface area contributed by atoms with Gasteiger partial charge in [-0.25, -0.2) is 4.98 Å². The Kier molecular flexibility index (Phi) is 3.99. The third-order valence-corrected chi connectivity index (χ3v) is 4.07. The molecule has 2 heterocycles. The zero-order chi connectivity index (χ0) is 17.2. The van der Waals surface area contributed by atoms with Crippen LogP contribution in [0.4, 0.5) is 5.82 Å². The Bertz CT molecular complexity index is 1060. The molecule has 0 unspecified atom stereocenters. The first-order chi connectivity index (χ1) is 12.2. The maximum absolute atomic E-state index is 12.0. The van der Waals surface area contributed by atoms with Gasteiger partial charge >= 0.3 is 0 Å². The van der Waals surface area contributed by atoms with Crippen LogP contribution in [0.25, 0.3) is 21.8 Å². The summed E-state index contributed by atoms with van der Waals surface area (Å²) in [5, 5.41) is 5.46. The highest BCUT2D eigenvalue weighted by atomic mass is 35.5. The van der Waals surface area contributed by atoms with E-state index >= 15 is 0 Å². The molecular weight excluding hydrogens is 338 g/mol. The summed E-state index contributed by atoms with van der Waals surface area (Å²) in [4.78, 5) is 19.3. The molecule has 2 aromatic heterocycles. The first kappa shape index (κ1) is 15.5. The number of H-pyrrole nitrogens is 1. The maximum Gasteiger partial charge on any atom is 0.263 e. The van der Waals surface area contributed by atoms with E-state index in [1.165, 1.54) is 6.20 Å². The first-order valence-corrected chi connectivity index (χ1v) is 8.11. The van der Waals surface area contributed by atoms with E-state index in [9.17, 15) is 4.79 Å². The summed E-state index contributed by atoms with van der Waals surface area (Å²) in [5.41, 5.74) is 2.04. The number of pyridine rings is 1. The number of hydrogen-bond acceptors (Lipinski definition) is 3. The van der Waals surface area contributed by atoms with E-state index in [4.69, 9.17) is 16.3 Å². The normalized spacial score (nSPS) is 10.9. The van der Waals surface area contributed by atoms with E-state index in [2.05, 4.69) is 21.4 Å².